The van der Waals surface area contributed by atoms with Crippen LogP contribution in [0.2, 0.25) is 9.74 Å². The summed E-state index contributed by atoms with van der Waals surface area (Å²) < 4.78 is 6.61. The van der Waals surface area contributed by atoms with Crippen LogP contribution < -0.4 is 8.25 Å². The Hall–Kier alpha value is -0.162. The molecule has 2 heteroatoms. The van der Waals surface area contributed by atoms with Crippen LogP contribution >= 0.6 is 0 Å². The van der Waals surface area contributed by atoms with E-state index in [0.29, 0.717) is 0 Å². The summed E-state index contributed by atoms with van der Waals surface area (Å²) in [5.41, 5.74) is 0. The summed E-state index contributed by atoms with van der Waals surface area (Å²) in [6.45, 7) is 0. The van der Waals surface area contributed by atoms with Gasteiger partial charge in [-0.2, -0.15) is 0 Å². The maximum atomic E-state index is 5.07. The molecule has 11 heavy (non-hydrogen) atoms. The van der Waals surface area contributed by atoms with Crippen LogP contribution in [0.3, 0.4) is 0 Å². The molecule has 0 aliphatic heterocycles. The molecule has 0 aliphatic rings. The zero-order chi connectivity index (χ0) is 8.27. The van der Waals surface area contributed by atoms with Crippen LogP contribution in [0.25, 0.3) is 0 Å². The predicted molar refractivity (Wildman–Crippen MR) is 50.1 cm³/mol. The molecule has 0 aliphatic carbocycles. The molecule has 0 aromatic heterocycles. The molecule has 1 rings (SSSR count). The zero-order valence-electron chi connectivity index (χ0n) is 7.16. The van der Waals surface area contributed by atoms with Crippen LogP contribution in [-0.2, 0) is 0 Å². The van der Waals surface area contributed by atoms with Gasteiger partial charge in [-0.1, -0.05) is 0 Å². The summed E-state index contributed by atoms with van der Waals surface area (Å²) in [7, 11) is 1.70. The number of methoxy groups -OCH3 is 1. The van der Waals surface area contributed by atoms with Crippen molar-refractivity contribution in [1.29, 1.82) is 0 Å². The standard InChI is InChI=1S/C7H7O.2CH3.Sb/c1-8-7-5-3-2-4-6-7;;;/h3-6H,1H3;2*1H3;. The van der Waals surface area contributed by atoms with Gasteiger partial charge >= 0.3 is 75.3 Å². The summed E-state index contributed by atoms with van der Waals surface area (Å²) in [5, 5.41) is 0. The van der Waals surface area contributed by atoms with Crippen molar-refractivity contribution in [3.63, 3.8) is 0 Å². The van der Waals surface area contributed by atoms with Gasteiger partial charge in [0.1, 0.15) is 0 Å². The quantitative estimate of drug-likeness (QED) is 0.734. The van der Waals surface area contributed by atoms with Crippen LogP contribution in [0, 0.1) is 0 Å². The van der Waals surface area contributed by atoms with Gasteiger partial charge < -0.3 is 0 Å². The fraction of sp³-hybridized carbons (Fsp3) is 0.333. The van der Waals surface area contributed by atoms with Gasteiger partial charge in [-0.05, 0) is 0 Å². The van der Waals surface area contributed by atoms with E-state index in [9.17, 15) is 0 Å². The summed E-state index contributed by atoms with van der Waals surface area (Å²) in [4.78, 5) is 4.73. The van der Waals surface area contributed by atoms with Crippen molar-refractivity contribution < 1.29 is 4.74 Å². The third kappa shape index (κ3) is 2.41. The second kappa shape index (κ2) is 4.01. The summed E-state index contributed by atoms with van der Waals surface area (Å²) in [6, 6.07) is 8.45. The van der Waals surface area contributed by atoms with E-state index < -0.39 is 20.2 Å². The first kappa shape index (κ1) is 8.93. The molecule has 60 valence electrons. The molecule has 0 bridgehead atoms. The number of benzene rings is 1. The molecule has 0 unspecified atom stereocenters. The van der Waals surface area contributed by atoms with E-state index in [1.54, 1.807) is 7.11 Å². The zero-order valence-corrected chi connectivity index (χ0v) is 9.72. The van der Waals surface area contributed by atoms with Gasteiger partial charge in [0.05, 0.1) is 0 Å². The molecule has 0 radical (unpaired) electrons. The van der Waals surface area contributed by atoms with Crippen LogP contribution in [0.15, 0.2) is 24.3 Å². The molecule has 0 atom stereocenters. The van der Waals surface area contributed by atoms with Gasteiger partial charge in [0, 0.05) is 0 Å². The second-order valence-electron chi connectivity index (χ2n) is 2.59. The van der Waals surface area contributed by atoms with E-state index in [2.05, 4.69) is 21.9 Å². The fourth-order valence-electron chi connectivity index (χ4n) is 0.880. The fourth-order valence-corrected chi connectivity index (χ4v) is 3.01. The number of ether oxygens (including phenoxy) is 1. The molecule has 0 N–H and O–H groups in total. The Bertz CT molecular complexity index is 216. The van der Waals surface area contributed by atoms with E-state index in [-0.39, 0.29) is 0 Å². The monoisotopic (exact) mass is 258 g/mol. The van der Waals surface area contributed by atoms with E-state index >= 15 is 0 Å². The molecule has 1 aromatic rings. The number of hydrogen-bond donors (Lipinski definition) is 0. The van der Waals surface area contributed by atoms with Crippen molar-refractivity contribution in [2.24, 2.45) is 0 Å². The number of hydrogen-bond acceptors (Lipinski definition) is 1. The Morgan fingerprint density at radius 3 is 2.00 bits per heavy atom. The van der Waals surface area contributed by atoms with Gasteiger partial charge in [0.2, 0.25) is 0 Å². The van der Waals surface area contributed by atoms with Gasteiger partial charge in [0.25, 0.3) is 0 Å². The first-order valence-electron chi connectivity index (χ1n) is 3.55. The van der Waals surface area contributed by atoms with Gasteiger partial charge in [-0.3, -0.25) is 0 Å². The maximum absolute atomic E-state index is 5.07. The van der Waals surface area contributed by atoms with Crippen LogP contribution in [0.5, 0.6) is 5.75 Å². The van der Waals surface area contributed by atoms with E-state index in [1.165, 1.54) is 3.51 Å². The SMILES string of the molecule is COc1cc[c]([Sb]([CH3])[CH3])cc1. The molecule has 1 nitrogen and oxygen atoms in total. The van der Waals surface area contributed by atoms with Gasteiger partial charge in [0.15, 0.2) is 0 Å². The Balaban J connectivity index is 2.83. The number of rotatable bonds is 2. The van der Waals surface area contributed by atoms with Crippen LogP contribution in [0.1, 0.15) is 0 Å². The molecular weight excluding hydrogens is 246 g/mol. The third-order valence-electron chi connectivity index (χ3n) is 1.59. The molecule has 0 saturated carbocycles. The van der Waals surface area contributed by atoms with Gasteiger partial charge in [-0.15, -0.1) is 0 Å². The first-order valence-corrected chi connectivity index (χ1v) is 9.93. The van der Waals surface area contributed by atoms with Crippen LogP contribution in [0.4, 0.5) is 0 Å². The normalized spacial score (nSPS) is 10.2. The summed E-state index contributed by atoms with van der Waals surface area (Å²) in [5.74, 6) is 0.955. The Kier molecular flexibility index (Phi) is 3.26. The van der Waals surface area contributed by atoms with Crippen molar-refractivity contribution in [2.75, 3.05) is 7.11 Å². The first-order chi connectivity index (χ1) is 5.24. The summed E-state index contributed by atoms with van der Waals surface area (Å²) >= 11 is -1.00. The molecule has 1 aromatic carbocycles. The van der Waals surface area contributed by atoms with Crippen molar-refractivity contribution in [3.8, 4) is 5.75 Å². The van der Waals surface area contributed by atoms with Crippen molar-refractivity contribution in [3.05, 3.63) is 24.3 Å². The minimum atomic E-state index is -1.00. The van der Waals surface area contributed by atoms with Crippen LogP contribution in [-0.4, -0.2) is 27.3 Å². The second-order valence-corrected chi connectivity index (χ2v) is 9.17. The van der Waals surface area contributed by atoms with E-state index in [4.69, 9.17) is 4.74 Å². The Morgan fingerprint density at radius 2 is 1.64 bits per heavy atom. The molecule has 0 heterocycles. The van der Waals surface area contributed by atoms with Crippen molar-refractivity contribution >= 4 is 23.7 Å². The van der Waals surface area contributed by atoms with Crippen molar-refractivity contribution in [1.82, 2.24) is 0 Å². The molecule has 0 fully saturated rings. The average Bonchev–Trinajstić information content (AvgIpc) is 2.05. The molecular formula is C9H13OSb. The summed E-state index contributed by atoms with van der Waals surface area (Å²) in [6.07, 6.45) is 0. The molecule has 0 amide bonds. The average molecular weight is 259 g/mol. The van der Waals surface area contributed by atoms with E-state index in [0.717, 1.165) is 5.75 Å². The minimum absolute atomic E-state index is 0.955. The predicted octanol–water partition coefficient (Wildman–Crippen LogP) is 1.66. The van der Waals surface area contributed by atoms with E-state index in [1.807, 2.05) is 12.1 Å². The third-order valence-corrected chi connectivity index (χ3v) is 5.39. The van der Waals surface area contributed by atoms with Gasteiger partial charge in [-0.25, -0.2) is 0 Å². The Morgan fingerprint density at radius 1 is 1.09 bits per heavy atom. The Labute approximate surface area is 75.3 Å². The topological polar surface area (TPSA) is 9.23 Å². The molecule has 0 spiro atoms. The van der Waals surface area contributed by atoms with Crippen molar-refractivity contribution in [2.45, 2.75) is 9.74 Å². The molecule has 0 saturated heterocycles.